The SMILES string of the molecule is COc1cc(NC(=O)c2cc3c([nH]c2=O)CCC3)cc(OC)c1. The maximum atomic E-state index is 12.4. The molecule has 1 aromatic heterocycles. The van der Waals surface area contributed by atoms with Crippen molar-refractivity contribution in [2.75, 3.05) is 19.5 Å². The zero-order valence-electron chi connectivity index (χ0n) is 13.1. The van der Waals surface area contributed by atoms with Crippen molar-refractivity contribution >= 4 is 11.6 Å². The summed E-state index contributed by atoms with van der Waals surface area (Å²) in [6, 6.07) is 6.73. The van der Waals surface area contributed by atoms with E-state index >= 15 is 0 Å². The number of H-pyrrole nitrogens is 1. The number of anilines is 1. The number of carbonyl (C=O) groups is 1. The number of pyridine rings is 1. The van der Waals surface area contributed by atoms with E-state index < -0.39 is 5.91 Å². The molecular weight excluding hydrogens is 296 g/mol. The second kappa shape index (κ2) is 6.16. The van der Waals surface area contributed by atoms with Crippen LogP contribution in [-0.2, 0) is 12.8 Å². The highest BCUT2D eigenvalue weighted by atomic mass is 16.5. The molecule has 2 N–H and O–H groups in total. The second-order valence-corrected chi connectivity index (χ2v) is 5.42. The lowest BCUT2D eigenvalue weighted by Crippen LogP contribution is -2.24. The summed E-state index contributed by atoms with van der Waals surface area (Å²) in [5.41, 5.74) is 2.24. The van der Waals surface area contributed by atoms with E-state index in [1.165, 1.54) is 14.2 Å². The van der Waals surface area contributed by atoms with Crippen molar-refractivity contribution in [3.63, 3.8) is 0 Å². The van der Waals surface area contributed by atoms with E-state index in [0.717, 1.165) is 30.5 Å². The van der Waals surface area contributed by atoms with Gasteiger partial charge < -0.3 is 19.8 Å². The number of nitrogens with one attached hydrogen (secondary N) is 2. The lowest BCUT2D eigenvalue weighted by Gasteiger charge is -2.10. The molecule has 6 heteroatoms. The Balaban J connectivity index is 1.89. The Morgan fingerprint density at radius 3 is 2.43 bits per heavy atom. The minimum atomic E-state index is -0.448. The predicted octanol–water partition coefficient (Wildman–Crippen LogP) is 2.13. The molecule has 0 spiro atoms. The molecule has 1 amide bonds. The molecule has 0 saturated heterocycles. The fourth-order valence-corrected chi connectivity index (χ4v) is 2.76. The first-order valence-electron chi connectivity index (χ1n) is 7.40. The van der Waals surface area contributed by atoms with Gasteiger partial charge >= 0.3 is 0 Å². The van der Waals surface area contributed by atoms with Gasteiger partial charge in [0.15, 0.2) is 0 Å². The quantitative estimate of drug-likeness (QED) is 0.906. The smallest absolute Gasteiger partial charge is 0.261 e. The van der Waals surface area contributed by atoms with Crippen LogP contribution in [-0.4, -0.2) is 25.1 Å². The number of ether oxygens (including phenoxy) is 2. The van der Waals surface area contributed by atoms with Crippen LogP contribution in [0.25, 0.3) is 0 Å². The topological polar surface area (TPSA) is 80.4 Å². The Bertz CT molecular complexity index is 788. The fraction of sp³-hybridized carbons (Fsp3) is 0.294. The Kier molecular flexibility index (Phi) is 4.06. The molecule has 23 heavy (non-hydrogen) atoms. The van der Waals surface area contributed by atoms with Gasteiger partial charge in [0.2, 0.25) is 0 Å². The number of aryl methyl sites for hydroxylation is 2. The number of carbonyl (C=O) groups excluding carboxylic acids is 1. The third-order valence-electron chi connectivity index (χ3n) is 3.94. The number of aromatic amines is 1. The number of rotatable bonds is 4. The summed E-state index contributed by atoms with van der Waals surface area (Å²) in [7, 11) is 3.07. The van der Waals surface area contributed by atoms with E-state index in [4.69, 9.17) is 9.47 Å². The second-order valence-electron chi connectivity index (χ2n) is 5.42. The zero-order chi connectivity index (χ0) is 16.4. The molecule has 1 heterocycles. The van der Waals surface area contributed by atoms with Crippen molar-refractivity contribution in [1.82, 2.24) is 4.98 Å². The number of aromatic nitrogens is 1. The maximum Gasteiger partial charge on any atom is 0.261 e. The largest absolute Gasteiger partial charge is 0.497 e. The van der Waals surface area contributed by atoms with Crippen LogP contribution in [0.2, 0.25) is 0 Å². The number of fused-ring (bicyclic) bond motifs is 1. The minimum Gasteiger partial charge on any atom is -0.497 e. The van der Waals surface area contributed by atoms with Crippen LogP contribution in [0.3, 0.4) is 0 Å². The van der Waals surface area contributed by atoms with E-state index in [2.05, 4.69) is 10.3 Å². The monoisotopic (exact) mass is 314 g/mol. The third kappa shape index (κ3) is 3.06. The highest BCUT2D eigenvalue weighted by Crippen LogP contribution is 2.26. The van der Waals surface area contributed by atoms with Crippen molar-refractivity contribution in [3.05, 3.63) is 51.4 Å². The molecule has 3 rings (SSSR count). The summed E-state index contributed by atoms with van der Waals surface area (Å²) in [6.45, 7) is 0. The third-order valence-corrected chi connectivity index (χ3v) is 3.94. The first-order chi connectivity index (χ1) is 11.1. The normalized spacial score (nSPS) is 12.6. The van der Waals surface area contributed by atoms with Gasteiger partial charge in [-0.1, -0.05) is 0 Å². The molecule has 0 bridgehead atoms. The number of methoxy groups -OCH3 is 2. The fourth-order valence-electron chi connectivity index (χ4n) is 2.76. The van der Waals surface area contributed by atoms with Gasteiger partial charge in [-0.25, -0.2) is 0 Å². The maximum absolute atomic E-state index is 12.4. The Labute approximate surface area is 133 Å². The molecule has 1 aliphatic carbocycles. The molecule has 0 unspecified atom stereocenters. The standard InChI is InChI=1S/C17H18N2O4/c1-22-12-7-11(8-13(9-12)23-2)18-16(20)14-6-10-4-3-5-15(10)19-17(14)21/h6-9H,3-5H2,1-2H3,(H,18,20)(H,19,21). The van der Waals surface area contributed by atoms with Crippen molar-refractivity contribution < 1.29 is 14.3 Å². The van der Waals surface area contributed by atoms with Crippen LogP contribution in [0.4, 0.5) is 5.69 Å². The van der Waals surface area contributed by atoms with Gasteiger partial charge in [-0.05, 0) is 30.9 Å². The first-order valence-corrected chi connectivity index (χ1v) is 7.40. The average molecular weight is 314 g/mol. The van der Waals surface area contributed by atoms with Gasteiger partial charge in [0.25, 0.3) is 11.5 Å². The summed E-state index contributed by atoms with van der Waals surface area (Å²) >= 11 is 0. The summed E-state index contributed by atoms with van der Waals surface area (Å²) < 4.78 is 10.3. The number of hydrogen-bond donors (Lipinski definition) is 2. The van der Waals surface area contributed by atoms with Crippen LogP contribution in [0.5, 0.6) is 11.5 Å². The summed E-state index contributed by atoms with van der Waals surface area (Å²) in [4.78, 5) is 27.3. The predicted molar refractivity (Wildman–Crippen MR) is 86.6 cm³/mol. The van der Waals surface area contributed by atoms with Gasteiger partial charge in [0.05, 0.1) is 14.2 Å². The van der Waals surface area contributed by atoms with Gasteiger partial charge in [0.1, 0.15) is 17.1 Å². The molecule has 0 atom stereocenters. The summed E-state index contributed by atoms with van der Waals surface area (Å²) in [5.74, 6) is 0.668. The van der Waals surface area contributed by atoms with Crippen LogP contribution in [0.1, 0.15) is 28.0 Å². The molecule has 120 valence electrons. The van der Waals surface area contributed by atoms with Crippen LogP contribution in [0.15, 0.2) is 29.1 Å². The van der Waals surface area contributed by atoms with Crippen molar-refractivity contribution in [2.45, 2.75) is 19.3 Å². The Morgan fingerprint density at radius 2 is 1.78 bits per heavy atom. The lowest BCUT2D eigenvalue weighted by atomic mass is 10.1. The minimum absolute atomic E-state index is 0.118. The zero-order valence-corrected chi connectivity index (χ0v) is 13.1. The first kappa shape index (κ1) is 15.1. The lowest BCUT2D eigenvalue weighted by molar-refractivity contribution is 0.102. The van der Waals surface area contributed by atoms with E-state index in [1.807, 2.05) is 0 Å². The summed E-state index contributed by atoms with van der Waals surface area (Å²) in [6.07, 6.45) is 2.75. The highest BCUT2D eigenvalue weighted by molar-refractivity contribution is 6.04. The molecule has 1 aromatic carbocycles. The van der Waals surface area contributed by atoms with Gasteiger partial charge in [-0.15, -0.1) is 0 Å². The number of hydrogen-bond acceptors (Lipinski definition) is 4. The number of amides is 1. The van der Waals surface area contributed by atoms with E-state index in [9.17, 15) is 9.59 Å². The van der Waals surface area contributed by atoms with Crippen LogP contribution in [0, 0.1) is 0 Å². The molecule has 0 saturated carbocycles. The summed E-state index contributed by atoms with van der Waals surface area (Å²) in [5, 5.41) is 2.72. The van der Waals surface area contributed by atoms with Crippen LogP contribution < -0.4 is 20.3 Å². The Hall–Kier alpha value is -2.76. The van der Waals surface area contributed by atoms with Crippen molar-refractivity contribution in [3.8, 4) is 11.5 Å². The van der Waals surface area contributed by atoms with Gasteiger partial charge in [-0.3, -0.25) is 9.59 Å². The molecule has 1 aliphatic rings. The van der Waals surface area contributed by atoms with E-state index in [-0.39, 0.29) is 11.1 Å². The molecule has 0 aliphatic heterocycles. The van der Waals surface area contributed by atoms with Gasteiger partial charge in [0, 0.05) is 29.6 Å². The van der Waals surface area contributed by atoms with Gasteiger partial charge in [-0.2, -0.15) is 0 Å². The molecule has 0 radical (unpaired) electrons. The number of benzene rings is 1. The Morgan fingerprint density at radius 1 is 1.09 bits per heavy atom. The molecular formula is C17H18N2O4. The molecule has 0 fully saturated rings. The van der Waals surface area contributed by atoms with Crippen molar-refractivity contribution in [2.24, 2.45) is 0 Å². The van der Waals surface area contributed by atoms with E-state index in [0.29, 0.717) is 17.2 Å². The van der Waals surface area contributed by atoms with Crippen molar-refractivity contribution in [1.29, 1.82) is 0 Å². The molecule has 6 nitrogen and oxygen atoms in total. The van der Waals surface area contributed by atoms with Crippen LogP contribution >= 0.6 is 0 Å². The molecule has 2 aromatic rings. The van der Waals surface area contributed by atoms with E-state index in [1.54, 1.807) is 24.3 Å². The average Bonchev–Trinajstić information content (AvgIpc) is 3.00. The highest BCUT2D eigenvalue weighted by Gasteiger charge is 2.18.